The van der Waals surface area contributed by atoms with Gasteiger partial charge in [-0.05, 0) is 30.7 Å². The fraction of sp³-hybridized carbons (Fsp3) is 0.182. The number of likely N-dealkylation sites (N-methyl/N-ethyl adjacent to an activating group) is 1. The lowest BCUT2D eigenvalue weighted by Crippen LogP contribution is -3.11. The van der Waals surface area contributed by atoms with E-state index in [2.05, 4.69) is 6.92 Å². The molecular weight excluding hydrogens is 395 g/mol. The zero-order valence-electron chi connectivity index (χ0n) is 15.3. The maximum absolute atomic E-state index is 12.0. The van der Waals surface area contributed by atoms with E-state index in [-0.39, 0.29) is 5.56 Å². The Morgan fingerprint density at radius 3 is 2.71 bits per heavy atom. The summed E-state index contributed by atoms with van der Waals surface area (Å²) in [5.41, 5.74) is 4.02. The second-order valence-corrected chi connectivity index (χ2v) is 7.67. The van der Waals surface area contributed by atoms with E-state index in [0.29, 0.717) is 38.8 Å². The van der Waals surface area contributed by atoms with Gasteiger partial charge in [0, 0.05) is 22.1 Å². The normalized spacial score (nSPS) is 17.7. The van der Waals surface area contributed by atoms with Gasteiger partial charge in [-0.25, -0.2) is 4.98 Å². The number of fused-ring (bicyclic) bond motifs is 2. The first-order valence-electron chi connectivity index (χ1n) is 9.11. The number of carbonyl (C=O) groups is 1. The second kappa shape index (κ2) is 7.55. The number of hydrogen-bond acceptors (Lipinski definition) is 3. The number of nitrogens with zero attached hydrogens (tertiary/aromatic N) is 1. The molecule has 0 saturated heterocycles. The van der Waals surface area contributed by atoms with Gasteiger partial charge in [0.1, 0.15) is 13.1 Å². The smallest absolute Gasteiger partial charge is 0.106 e. The first kappa shape index (κ1) is 18.9. The molecule has 0 amide bonds. The van der Waals surface area contributed by atoms with E-state index in [1.807, 2.05) is 36.4 Å². The number of carboxylic acid groups (broad SMARTS) is 1. The molecule has 0 spiro atoms. The van der Waals surface area contributed by atoms with Crippen molar-refractivity contribution in [1.29, 1.82) is 0 Å². The summed E-state index contributed by atoms with van der Waals surface area (Å²) in [5.74, 6) is -1.17. The van der Waals surface area contributed by atoms with Crippen LogP contribution in [0.4, 0.5) is 0 Å². The van der Waals surface area contributed by atoms with Crippen molar-refractivity contribution in [3.63, 3.8) is 0 Å². The van der Waals surface area contributed by atoms with Crippen LogP contribution in [0.5, 0.6) is 0 Å². The molecule has 28 heavy (non-hydrogen) atoms. The van der Waals surface area contributed by atoms with Crippen LogP contribution in [0.15, 0.2) is 42.5 Å². The van der Waals surface area contributed by atoms with Crippen molar-refractivity contribution in [2.75, 3.05) is 13.1 Å². The summed E-state index contributed by atoms with van der Waals surface area (Å²) in [4.78, 5) is 18.1. The summed E-state index contributed by atoms with van der Waals surface area (Å²) in [7, 11) is 0. The lowest BCUT2D eigenvalue weighted by Gasteiger charge is -2.29. The Morgan fingerprint density at radius 1 is 1.18 bits per heavy atom. The van der Waals surface area contributed by atoms with Crippen LogP contribution in [0.25, 0.3) is 22.6 Å². The molecule has 2 aromatic carbocycles. The zero-order valence-corrected chi connectivity index (χ0v) is 16.8. The molecule has 0 bridgehead atoms. The molecule has 0 radical (unpaired) electrons. The molecule has 6 heteroatoms. The summed E-state index contributed by atoms with van der Waals surface area (Å²) in [6, 6.07) is 12.8. The van der Waals surface area contributed by atoms with Gasteiger partial charge >= 0.3 is 0 Å². The third kappa shape index (κ3) is 3.28. The van der Waals surface area contributed by atoms with Gasteiger partial charge < -0.3 is 14.8 Å². The standard InChI is InChI=1S/C22H18Cl2N2O2/c1-2-26-11-14(10-13-6-5-8-17(23)20(13)24)21-16(12-26)19(22(27)28)15-7-3-4-9-18(15)25-21/h3-10H,2,11-12H2,1H3,(H,27,28)/b14-10+. The average molecular weight is 413 g/mol. The second-order valence-electron chi connectivity index (χ2n) is 6.89. The van der Waals surface area contributed by atoms with Gasteiger partial charge in [-0.3, -0.25) is 0 Å². The van der Waals surface area contributed by atoms with Crippen LogP contribution < -0.4 is 10.0 Å². The molecule has 3 aromatic rings. The lowest BCUT2D eigenvalue weighted by atomic mass is 9.92. The molecule has 1 aliphatic rings. The number of aromatic carboxylic acids is 1. The number of halogens is 2. The van der Waals surface area contributed by atoms with Crippen LogP contribution in [0.1, 0.15) is 34.1 Å². The van der Waals surface area contributed by atoms with Gasteiger partial charge in [-0.2, -0.15) is 0 Å². The Bertz CT molecular complexity index is 1120. The predicted octanol–water partition coefficient (Wildman–Crippen LogP) is 2.86. The van der Waals surface area contributed by atoms with Gasteiger partial charge in [0.05, 0.1) is 33.8 Å². The molecule has 0 fully saturated rings. The van der Waals surface area contributed by atoms with Gasteiger partial charge in [0.25, 0.3) is 0 Å². The largest absolute Gasteiger partial charge is 0.545 e. The highest BCUT2D eigenvalue weighted by molar-refractivity contribution is 6.43. The van der Waals surface area contributed by atoms with Gasteiger partial charge in [0.15, 0.2) is 0 Å². The maximum atomic E-state index is 12.0. The number of pyridine rings is 1. The van der Waals surface area contributed by atoms with Crippen LogP contribution in [-0.2, 0) is 6.54 Å². The third-order valence-electron chi connectivity index (χ3n) is 5.18. The van der Waals surface area contributed by atoms with Crippen molar-refractivity contribution in [3.8, 4) is 0 Å². The highest BCUT2D eigenvalue weighted by Crippen LogP contribution is 2.32. The molecule has 4 nitrogen and oxygen atoms in total. The SMILES string of the molecule is CC[NH+]1C/C(=C\c2cccc(Cl)c2Cl)c2nc3ccccc3c(C(=O)[O-])c2C1. The van der Waals surface area contributed by atoms with Crippen molar-refractivity contribution in [2.45, 2.75) is 13.5 Å². The van der Waals surface area contributed by atoms with E-state index in [1.54, 1.807) is 12.1 Å². The van der Waals surface area contributed by atoms with Crippen molar-refractivity contribution in [3.05, 3.63) is 74.9 Å². The molecule has 1 unspecified atom stereocenters. The zero-order chi connectivity index (χ0) is 19.8. The number of nitrogens with one attached hydrogen (secondary N) is 1. The van der Waals surface area contributed by atoms with Crippen LogP contribution in [0.3, 0.4) is 0 Å². The Kier molecular flexibility index (Phi) is 5.11. The number of carbonyl (C=O) groups excluding carboxylic acids is 1. The Balaban J connectivity index is 2.01. The third-order valence-corrected chi connectivity index (χ3v) is 6.01. The molecule has 142 valence electrons. The summed E-state index contributed by atoms with van der Waals surface area (Å²) in [5, 5.41) is 13.6. The van der Waals surface area contributed by atoms with Crippen LogP contribution in [0, 0.1) is 0 Å². The number of carboxylic acids is 1. The van der Waals surface area contributed by atoms with Gasteiger partial charge in [0.2, 0.25) is 0 Å². The quantitative estimate of drug-likeness (QED) is 0.719. The molecule has 0 aliphatic carbocycles. The molecule has 4 rings (SSSR count). The summed E-state index contributed by atoms with van der Waals surface area (Å²) >= 11 is 12.5. The number of benzene rings is 2. The number of aromatic nitrogens is 1. The molecule has 1 atom stereocenters. The topological polar surface area (TPSA) is 57.5 Å². The molecule has 1 aliphatic heterocycles. The fourth-order valence-electron chi connectivity index (χ4n) is 3.78. The van der Waals surface area contributed by atoms with E-state index in [9.17, 15) is 9.90 Å². The minimum absolute atomic E-state index is 0.231. The van der Waals surface area contributed by atoms with Crippen molar-refractivity contribution < 1.29 is 14.8 Å². The monoisotopic (exact) mass is 412 g/mol. The number of quaternary nitrogens is 1. The summed E-state index contributed by atoms with van der Waals surface area (Å²) in [6.07, 6.45) is 1.96. The van der Waals surface area contributed by atoms with Gasteiger partial charge in [-0.15, -0.1) is 0 Å². The highest BCUT2D eigenvalue weighted by Gasteiger charge is 2.28. The van der Waals surface area contributed by atoms with E-state index in [1.165, 1.54) is 4.90 Å². The number of hydrogen-bond donors (Lipinski definition) is 1. The minimum atomic E-state index is -1.17. The average Bonchev–Trinajstić information content (AvgIpc) is 2.69. The summed E-state index contributed by atoms with van der Waals surface area (Å²) in [6.45, 7) is 4.26. The lowest BCUT2D eigenvalue weighted by molar-refractivity contribution is -0.905. The first-order valence-corrected chi connectivity index (χ1v) is 9.86. The van der Waals surface area contributed by atoms with Gasteiger partial charge in [-0.1, -0.05) is 53.5 Å². The van der Waals surface area contributed by atoms with E-state index >= 15 is 0 Å². The minimum Gasteiger partial charge on any atom is -0.545 e. The molecule has 2 heterocycles. The van der Waals surface area contributed by atoms with Crippen LogP contribution in [0.2, 0.25) is 10.0 Å². The molecular formula is C22H18Cl2N2O2. The molecule has 1 N–H and O–H groups in total. The molecule has 0 saturated carbocycles. The molecule has 1 aromatic heterocycles. The van der Waals surface area contributed by atoms with E-state index in [0.717, 1.165) is 24.2 Å². The van der Waals surface area contributed by atoms with Crippen molar-refractivity contribution in [1.82, 2.24) is 4.98 Å². The highest BCUT2D eigenvalue weighted by atomic mass is 35.5. The fourth-order valence-corrected chi connectivity index (χ4v) is 4.14. The van der Waals surface area contributed by atoms with Crippen LogP contribution >= 0.6 is 23.2 Å². The van der Waals surface area contributed by atoms with E-state index < -0.39 is 5.97 Å². The Labute approximate surface area is 173 Å². The Morgan fingerprint density at radius 2 is 1.96 bits per heavy atom. The number of para-hydroxylation sites is 1. The first-order chi connectivity index (χ1) is 13.5. The predicted molar refractivity (Wildman–Crippen MR) is 110 cm³/mol. The Hall–Kier alpha value is -2.40. The van der Waals surface area contributed by atoms with Crippen molar-refractivity contribution >= 4 is 51.7 Å². The summed E-state index contributed by atoms with van der Waals surface area (Å²) < 4.78 is 0. The number of rotatable bonds is 3. The van der Waals surface area contributed by atoms with E-state index in [4.69, 9.17) is 28.2 Å². The van der Waals surface area contributed by atoms with Crippen molar-refractivity contribution in [2.24, 2.45) is 0 Å². The van der Waals surface area contributed by atoms with Crippen LogP contribution in [-0.4, -0.2) is 24.0 Å². The maximum Gasteiger partial charge on any atom is 0.106 e.